The van der Waals surface area contributed by atoms with Crippen LogP contribution in [0.5, 0.6) is 0 Å². The van der Waals surface area contributed by atoms with Crippen LogP contribution < -0.4 is 5.32 Å². The van der Waals surface area contributed by atoms with E-state index in [1.54, 1.807) is 0 Å². The van der Waals surface area contributed by atoms with Crippen LogP contribution in [0.1, 0.15) is 23.7 Å². The number of pyridine rings is 1. The van der Waals surface area contributed by atoms with Gasteiger partial charge in [0.25, 0.3) is 0 Å². The number of fused-ring (bicyclic) bond motifs is 1. The summed E-state index contributed by atoms with van der Waals surface area (Å²) in [6, 6.07) is 4.10. The zero-order valence-corrected chi connectivity index (χ0v) is 11.4. The molecule has 0 radical (unpaired) electrons. The number of benzene rings is 1. The summed E-state index contributed by atoms with van der Waals surface area (Å²) >= 11 is 6.27. The highest BCUT2D eigenvalue weighted by molar-refractivity contribution is 6.35. The Hall–Kier alpha value is -1.28. The number of rotatable bonds is 2. The van der Waals surface area contributed by atoms with Gasteiger partial charge in [0.2, 0.25) is 0 Å². The van der Waals surface area contributed by atoms with Crippen LogP contribution in [0.25, 0.3) is 10.9 Å². The maximum atomic E-state index is 6.27. The van der Waals surface area contributed by atoms with E-state index in [4.69, 9.17) is 11.6 Å². The molecule has 0 atom stereocenters. The lowest BCUT2D eigenvalue weighted by atomic mass is 10.0. The van der Waals surface area contributed by atoms with Gasteiger partial charge < -0.3 is 5.32 Å². The summed E-state index contributed by atoms with van der Waals surface area (Å²) in [6.45, 7) is 9.15. The van der Waals surface area contributed by atoms with E-state index in [0.29, 0.717) is 0 Å². The number of nitrogens with one attached hydrogen (secondary N) is 1. The molecule has 1 aromatic carbocycles. The Morgan fingerprint density at radius 1 is 1.24 bits per heavy atom. The molecule has 1 N–H and O–H groups in total. The van der Waals surface area contributed by atoms with E-state index in [2.05, 4.69) is 37.1 Å². The van der Waals surface area contributed by atoms with Gasteiger partial charge in [0, 0.05) is 23.3 Å². The van der Waals surface area contributed by atoms with Crippen molar-refractivity contribution in [3.05, 3.63) is 34.0 Å². The normalized spacial score (nSPS) is 10.9. The first-order valence-electron chi connectivity index (χ1n) is 5.85. The lowest BCUT2D eigenvalue weighted by Crippen LogP contribution is -2.03. The minimum Gasteiger partial charge on any atom is -0.385 e. The molecule has 0 aliphatic rings. The van der Waals surface area contributed by atoms with E-state index < -0.39 is 0 Å². The average Bonchev–Trinajstić information content (AvgIpc) is 2.26. The lowest BCUT2D eigenvalue weighted by Gasteiger charge is -2.14. The molecule has 1 heterocycles. The summed E-state index contributed by atoms with van der Waals surface area (Å²) in [4.78, 5) is 4.59. The van der Waals surface area contributed by atoms with Gasteiger partial charge in [-0.15, -0.1) is 0 Å². The number of hydrogen-bond donors (Lipinski definition) is 1. The summed E-state index contributed by atoms with van der Waals surface area (Å²) in [5, 5.41) is 5.25. The number of aryl methyl sites for hydroxylation is 2. The number of aromatic nitrogens is 1. The minimum absolute atomic E-state index is 0.724. The molecule has 0 aliphatic carbocycles. The van der Waals surface area contributed by atoms with Crippen LogP contribution in [-0.4, -0.2) is 11.5 Å². The first-order valence-corrected chi connectivity index (χ1v) is 6.23. The second-order valence-corrected chi connectivity index (χ2v) is 4.78. The van der Waals surface area contributed by atoms with E-state index in [1.807, 2.05) is 13.0 Å². The van der Waals surface area contributed by atoms with Crippen molar-refractivity contribution in [2.45, 2.75) is 27.7 Å². The van der Waals surface area contributed by atoms with Crippen molar-refractivity contribution >= 4 is 28.2 Å². The molecule has 0 saturated heterocycles. The molecule has 1 aromatic heterocycles. The lowest BCUT2D eigenvalue weighted by molar-refractivity contribution is 1.15. The second-order valence-electron chi connectivity index (χ2n) is 4.37. The van der Waals surface area contributed by atoms with Gasteiger partial charge >= 0.3 is 0 Å². The fraction of sp³-hybridized carbons (Fsp3) is 0.357. The van der Waals surface area contributed by atoms with E-state index >= 15 is 0 Å². The van der Waals surface area contributed by atoms with Gasteiger partial charge in [-0.2, -0.15) is 0 Å². The molecule has 0 spiro atoms. The molecule has 0 unspecified atom stereocenters. The van der Waals surface area contributed by atoms with Crippen molar-refractivity contribution in [1.82, 2.24) is 4.98 Å². The number of hydrogen-bond acceptors (Lipinski definition) is 2. The highest BCUT2D eigenvalue weighted by Gasteiger charge is 2.11. The van der Waals surface area contributed by atoms with Crippen LogP contribution >= 0.6 is 11.6 Å². The number of anilines is 1. The van der Waals surface area contributed by atoms with Crippen LogP contribution in [0.2, 0.25) is 5.02 Å². The van der Waals surface area contributed by atoms with Crippen molar-refractivity contribution in [1.29, 1.82) is 0 Å². The maximum Gasteiger partial charge on any atom is 0.0912 e. The van der Waals surface area contributed by atoms with Crippen LogP contribution in [0, 0.1) is 20.8 Å². The summed E-state index contributed by atoms with van der Waals surface area (Å²) in [6.07, 6.45) is 0. The Bertz CT molecular complexity index is 576. The van der Waals surface area contributed by atoms with E-state index in [9.17, 15) is 0 Å². The summed E-state index contributed by atoms with van der Waals surface area (Å²) in [5.74, 6) is 0. The second kappa shape index (κ2) is 4.53. The van der Waals surface area contributed by atoms with Gasteiger partial charge in [-0.1, -0.05) is 11.6 Å². The molecule has 0 amide bonds. The molecule has 0 saturated carbocycles. The standard InChI is InChI=1S/C14H17ClN2/c1-5-16-13-9(3)10(4)17-14-11(13)6-8(2)7-12(14)15/h6-7H,5H2,1-4H3,(H,16,17). The molecule has 2 nitrogen and oxygen atoms in total. The molecule has 2 rings (SSSR count). The fourth-order valence-electron chi connectivity index (χ4n) is 2.08. The van der Waals surface area contributed by atoms with E-state index in [1.165, 1.54) is 5.56 Å². The predicted octanol–water partition coefficient (Wildman–Crippen LogP) is 4.25. The third-order valence-electron chi connectivity index (χ3n) is 3.03. The van der Waals surface area contributed by atoms with Gasteiger partial charge in [0.1, 0.15) is 0 Å². The van der Waals surface area contributed by atoms with Crippen molar-refractivity contribution in [2.24, 2.45) is 0 Å². The Morgan fingerprint density at radius 2 is 1.94 bits per heavy atom. The highest BCUT2D eigenvalue weighted by Crippen LogP contribution is 2.32. The predicted molar refractivity (Wildman–Crippen MR) is 75.1 cm³/mol. The first kappa shape index (κ1) is 12.2. The quantitative estimate of drug-likeness (QED) is 0.860. The Balaban J connectivity index is 2.87. The molecule has 3 heteroatoms. The molecule has 2 aromatic rings. The molecule has 0 bridgehead atoms. The molecule has 17 heavy (non-hydrogen) atoms. The number of nitrogens with zero attached hydrogens (tertiary/aromatic N) is 1. The zero-order chi connectivity index (χ0) is 12.6. The van der Waals surface area contributed by atoms with Gasteiger partial charge in [0.05, 0.1) is 10.5 Å². The smallest absolute Gasteiger partial charge is 0.0912 e. The van der Waals surface area contributed by atoms with Gasteiger partial charge in [-0.3, -0.25) is 4.98 Å². The molecule has 90 valence electrons. The van der Waals surface area contributed by atoms with Crippen LogP contribution in [0.3, 0.4) is 0 Å². The van der Waals surface area contributed by atoms with E-state index in [0.717, 1.165) is 39.4 Å². The van der Waals surface area contributed by atoms with Gasteiger partial charge in [-0.05, 0) is 51.0 Å². The largest absolute Gasteiger partial charge is 0.385 e. The first-order chi connectivity index (χ1) is 8.04. The minimum atomic E-state index is 0.724. The average molecular weight is 249 g/mol. The third kappa shape index (κ3) is 2.09. The SMILES string of the molecule is CCNc1c(C)c(C)nc2c(Cl)cc(C)cc12. The van der Waals surface area contributed by atoms with Gasteiger partial charge in [-0.25, -0.2) is 0 Å². The van der Waals surface area contributed by atoms with E-state index in [-0.39, 0.29) is 0 Å². The van der Waals surface area contributed by atoms with Crippen molar-refractivity contribution in [2.75, 3.05) is 11.9 Å². The fourth-order valence-corrected chi connectivity index (χ4v) is 2.39. The zero-order valence-electron chi connectivity index (χ0n) is 10.7. The maximum absolute atomic E-state index is 6.27. The van der Waals surface area contributed by atoms with Crippen molar-refractivity contribution in [3.63, 3.8) is 0 Å². The van der Waals surface area contributed by atoms with Crippen molar-refractivity contribution in [3.8, 4) is 0 Å². The van der Waals surface area contributed by atoms with Crippen LogP contribution in [0.15, 0.2) is 12.1 Å². The Morgan fingerprint density at radius 3 is 2.59 bits per heavy atom. The molecule has 0 aliphatic heterocycles. The topological polar surface area (TPSA) is 24.9 Å². The number of halogens is 1. The van der Waals surface area contributed by atoms with Gasteiger partial charge in [0.15, 0.2) is 0 Å². The van der Waals surface area contributed by atoms with Crippen LogP contribution in [0.4, 0.5) is 5.69 Å². The summed E-state index contributed by atoms with van der Waals surface area (Å²) in [7, 11) is 0. The Kier molecular flexibility index (Phi) is 3.25. The summed E-state index contributed by atoms with van der Waals surface area (Å²) in [5.41, 5.74) is 5.42. The molecular weight excluding hydrogens is 232 g/mol. The van der Waals surface area contributed by atoms with Crippen LogP contribution in [-0.2, 0) is 0 Å². The third-order valence-corrected chi connectivity index (χ3v) is 3.32. The summed E-state index contributed by atoms with van der Waals surface area (Å²) < 4.78 is 0. The molecular formula is C14H17ClN2. The molecule has 0 fully saturated rings. The van der Waals surface area contributed by atoms with Crippen molar-refractivity contribution < 1.29 is 0 Å². The monoisotopic (exact) mass is 248 g/mol. The Labute approximate surface area is 107 Å². The highest BCUT2D eigenvalue weighted by atomic mass is 35.5.